The summed E-state index contributed by atoms with van der Waals surface area (Å²) in [6.45, 7) is 0. The largest absolute Gasteiger partial charge is 0.321 e. The number of hydrogen-bond acceptors (Lipinski definition) is 4. The molecule has 2 N–H and O–H groups in total. The van der Waals surface area contributed by atoms with Gasteiger partial charge in [0.05, 0.1) is 4.92 Å². The summed E-state index contributed by atoms with van der Waals surface area (Å²) in [7, 11) is 0. The highest BCUT2D eigenvalue weighted by molar-refractivity contribution is 6.30. The summed E-state index contributed by atoms with van der Waals surface area (Å²) in [4.78, 5) is 36.1. The molecule has 0 aromatic heterocycles. The molecule has 0 saturated heterocycles. The Kier molecular flexibility index (Phi) is 7.19. The minimum absolute atomic E-state index is 0.0287. The summed E-state index contributed by atoms with van der Waals surface area (Å²) >= 11 is 5.88. The molecule has 8 heteroatoms. The number of halogens is 1. The van der Waals surface area contributed by atoms with Crippen LogP contribution in [-0.2, 0) is 9.59 Å². The molecule has 0 heterocycles. The Hall–Kier alpha value is -3.19. The Labute approximate surface area is 179 Å². The van der Waals surface area contributed by atoms with E-state index in [9.17, 15) is 19.7 Å². The summed E-state index contributed by atoms with van der Waals surface area (Å²) in [6.07, 6.45) is 6.09. The van der Waals surface area contributed by atoms with Crippen LogP contribution in [0, 0.1) is 16.0 Å². The molecule has 0 radical (unpaired) electrons. The lowest BCUT2D eigenvalue weighted by Crippen LogP contribution is -2.35. The molecule has 1 fully saturated rings. The zero-order valence-electron chi connectivity index (χ0n) is 16.3. The molecule has 0 aliphatic heterocycles. The first-order valence-corrected chi connectivity index (χ1v) is 10.1. The maximum atomic E-state index is 12.9. The summed E-state index contributed by atoms with van der Waals surface area (Å²) in [5.74, 6) is -0.874. The third-order valence-electron chi connectivity index (χ3n) is 4.97. The van der Waals surface area contributed by atoms with Crippen molar-refractivity contribution in [2.75, 3.05) is 5.32 Å². The van der Waals surface area contributed by atoms with Crippen LogP contribution in [0.3, 0.4) is 0 Å². The first-order chi connectivity index (χ1) is 14.4. The topological polar surface area (TPSA) is 101 Å². The second kappa shape index (κ2) is 10.0. The zero-order valence-corrected chi connectivity index (χ0v) is 17.0. The van der Waals surface area contributed by atoms with Crippen LogP contribution in [0.5, 0.6) is 0 Å². The smallest absolute Gasteiger partial charge is 0.272 e. The van der Waals surface area contributed by atoms with Crippen molar-refractivity contribution in [3.63, 3.8) is 0 Å². The van der Waals surface area contributed by atoms with Gasteiger partial charge in [-0.2, -0.15) is 0 Å². The van der Waals surface area contributed by atoms with Gasteiger partial charge in [-0.05, 0) is 48.7 Å². The number of carbonyl (C=O) groups is 2. The normalized spacial score (nSPS) is 14.8. The second-order valence-electron chi connectivity index (χ2n) is 7.20. The van der Waals surface area contributed by atoms with E-state index in [1.807, 2.05) is 0 Å². The zero-order chi connectivity index (χ0) is 21.5. The SMILES string of the molecule is O=C(Nc1ccc(Cl)cc1)C(=Cc1cccc([N+](=O)[O-])c1)NC(=O)C1CCCCC1. The molecule has 2 aromatic rings. The van der Waals surface area contributed by atoms with Crippen molar-refractivity contribution in [2.24, 2.45) is 5.92 Å². The fourth-order valence-corrected chi connectivity index (χ4v) is 3.51. The van der Waals surface area contributed by atoms with Crippen LogP contribution >= 0.6 is 11.6 Å². The van der Waals surface area contributed by atoms with Crippen molar-refractivity contribution >= 4 is 40.9 Å². The summed E-state index contributed by atoms with van der Waals surface area (Å²) in [6, 6.07) is 12.5. The third kappa shape index (κ3) is 5.90. The van der Waals surface area contributed by atoms with E-state index in [2.05, 4.69) is 10.6 Å². The number of nitrogens with one attached hydrogen (secondary N) is 2. The van der Waals surface area contributed by atoms with Crippen LogP contribution in [-0.4, -0.2) is 16.7 Å². The Morgan fingerprint density at radius 2 is 1.77 bits per heavy atom. The Morgan fingerprint density at radius 1 is 1.07 bits per heavy atom. The molecule has 1 aliphatic rings. The predicted octanol–water partition coefficient (Wildman–Crippen LogP) is 4.92. The maximum Gasteiger partial charge on any atom is 0.272 e. The number of benzene rings is 2. The molecule has 3 rings (SSSR count). The van der Waals surface area contributed by atoms with Gasteiger partial charge in [0.2, 0.25) is 5.91 Å². The number of non-ortho nitro benzene ring substituents is 1. The monoisotopic (exact) mass is 427 g/mol. The van der Waals surface area contributed by atoms with Crippen molar-refractivity contribution in [1.82, 2.24) is 5.32 Å². The lowest BCUT2D eigenvalue weighted by molar-refractivity contribution is -0.384. The molecule has 2 amide bonds. The highest BCUT2D eigenvalue weighted by atomic mass is 35.5. The van der Waals surface area contributed by atoms with E-state index in [1.165, 1.54) is 24.3 Å². The Bertz CT molecular complexity index is 967. The number of nitro benzene ring substituents is 1. The molecule has 2 aromatic carbocycles. The van der Waals surface area contributed by atoms with Gasteiger partial charge < -0.3 is 10.6 Å². The average Bonchev–Trinajstić information content (AvgIpc) is 2.75. The van der Waals surface area contributed by atoms with Crippen molar-refractivity contribution in [3.05, 3.63) is 74.9 Å². The van der Waals surface area contributed by atoms with Crippen molar-refractivity contribution in [3.8, 4) is 0 Å². The minimum atomic E-state index is -0.520. The van der Waals surface area contributed by atoms with Crippen molar-refractivity contribution in [1.29, 1.82) is 0 Å². The Balaban J connectivity index is 1.85. The highest BCUT2D eigenvalue weighted by Gasteiger charge is 2.23. The minimum Gasteiger partial charge on any atom is -0.321 e. The summed E-state index contributed by atoms with van der Waals surface area (Å²) in [5.41, 5.74) is 0.886. The van der Waals surface area contributed by atoms with E-state index in [-0.39, 0.29) is 23.2 Å². The molecule has 0 bridgehead atoms. The standard InChI is InChI=1S/C22H22ClN3O4/c23-17-9-11-18(12-10-17)24-22(28)20(25-21(27)16-6-2-1-3-7-16)14-15-5-4-8-19(13-15)26(29)30/h4-5,8-14,16H,1-3,6-7H2,(H,24,28)(H,25,27). The van der Waals surface area contributed by atoms with E-state index in [0.717, 1.165) is 32.1 Å². The second-order valence-corrected chi connectivity index (χ2v) is 7.63. The van der Waals surface area contributed by atoms with E-state index in [1.54, 1.807) is 30.3 Å². The number of nitro groups is 1. The fraction of sp³-hybridized carbons (Fsp3) is 0.273. The number of nitrogens with zero attached hydrogens (tertiary/aromatic N) is 1. The molecular weight excluding hydrogens is 406 g/mol. The number of rotatable bonds is 6. The molecule has 156 valence electrons. The third-order valence-corrected chi connectivity index (χ3v) is 5.22. The average molecular weight is 428 g/mol. The molecule has 1 saturated carbocycles. The van der Waals surface area contributed by atoms with Crippen LogP contribution in [0.2, 0.25) is 5.02 Å². The molecule has 0 unspecified atom stereocenters. The van der Waals surface area contributed by atoms with Crippen LogP contribution in [0.15, 0.2) is 54.2 Å². The van der Waals surface area contributed by atoms with E-state index in [4.69, 9.17) is 11.6 Å². The van der Waals surface area contributed by atoms with Gasteiger partial charge in [0.25, 0.3) is 11.6 Å². The van der Waals surface area contributed by atoms with Crippen LogP contribution in [0.4, 0.5) is 11.4 Å². The Morgan fingerprint density at radius 3 is 2.43 bits per heavy atom. The lowest BCUT2D eigenvalue weighted by Gasteiger charge is -2.21. The van der Waals surface area contributed by atoms with Gasteiger partial charge >= 0.3 is 0 Å². The lowest BCUT2D eigenvalue weighted by atomic mass is 9.88. The van der Waals surface area contributed by atoms with Crippen LogP contribution in [0.1, 0.15) is 37.7 Å². The summed E-state index contributed by atoms with van der Waals surface area (Å²) in [5, 5.41) is 17.0. The first-order valence-electron chi connectivity index (χ1n) is 9.76. The number of anilines is 1. The van der Waals surface area contributed by atoms with Crippen molar-refractivity contribution < 1.29 is 14.5 Å². The maximum absolute atomic E-state index is 12.9. The summed E-state index contributed by atoms with van der Waals surface area (Å²) < 4.78 is 0. The molecule has 0 spiro atoms. The van der Waals surface area contributed by atoms with Crippen LogP contribution < -0.4 is 10.6 Å². The fourth-order valence-electron chi connectivity index (χ4n) is 3.38. The predicted molar refractivity (Wildman–Crippen MR) is 116 cm³/mol. The van der Waals surface area contributed by atoms with Crippen LogP contribution in [0.25, 0.3) is 6.08 Å². The van der Waals surface area contributed by atoms with Gasteiger partial charge in [-0.1, -0.05) is 43.0 Å². The number of carbonyl (C=O) groups excluding carboxylic acids is 2. The molecule has 7 nitrogen and oxygen atoms in total. The molecule has 30 heavy (non-hydrogen) atoms. The molecular formula is C22H22ClN3O4. The van der Waals surface area contributed by atoms with Crippen molar-refractivity contribution in [2.45, 2.75) is 32.1 Å². The van der Waals surface area contributed by atoms with Gasteiger partial charge in [-0.3, -0.25) is 19.7 Å². The van der Waals surface area contributed by atoms with Gasteiger partial charge in [0, 0.05) is 28.8 Å². The first kappa shape index (κ1) is 21.5. The number of amides is 2. The molecule has 1 aliphatic carbocycles. The van der Waals surface area contributed by atoms with Gasteiger partial charge in [0.15, 0.2) is 0 Å². The van der Waals surface area contributed by atoms with E-state index < -0.39 is 10.8 Å². The van der Waals surface area contributed by atoms with Gasteiger partial charge in [0.1, 0.15) is 5.70 Å². The quantitative estimate of drug-likeness (QED) is 0.388. The molecule has 0 atom stereocenters. The van der Waals surface area contributed by atoms with E-state index >= 15 is 0 Å². The highest BCUT2D eigenvalue weighted by Crippen LogP contribution is 2.24. The van der Waals surface area contributed by atoms with Gasteiger partial charge in [-0.25, -0.2) is 0 Å². The van der Waals surface area contributed by atoms with Gasteiger partial charge in [-0.15, -0.1) is 0 Å². The number of hydrogen-bond donors (Lipinski definition) is 2. The van der Waals surface area contributed by atoms with E-state index in [0.29, 0.717) is 16.3 Å².